The topological polar surface area (TPSA) is 109 Å². The monoisotopic (exact) mass is 463 g/mol. The van der Waals surface area contributed by atoms with E-state index in [1.807, 2.05) is 0 Å². The fourth-order valence-corrected chi connectivity index (χ4v) is 2.67. The van der Waals surface area contributed by atoms with E-state index in [0.717, 1.165) is 39.3 Å². The molecule has 4 N–H and O–H groups in total. The Morgan fingerprint density at radius 1 is 1.26 bits per heavy atom. The minimum Gasteiger partial charge on any atom is -0.379 e. The molecule has 1 heterocycles. The van der Waals surface area contributed by atoms with Crippen molar-refractivity contribution in [3.05, 3.63) is 0 Å². The molecule has 138 valence electrons. The van der Waals surface area contributed by atoms with Gasteiger partial charge in [0.15, 0.2) is 5.96 Å². The van der Waals surface area contributed by atoms with Gasteiger partial charge in [-0.15, -0.1) is 24.0 Å². The van der Waals surface area contributed by atoms with Gasteiger partial charge in [-0.3, -0.25) is 9.89 Å². The van der Waals surface area contributed by atoms with Crippen molar-refractivity contribution in [3.8, 4) is 0 Å². The number of nitrogens with two attached hydrogens (primary N) is 1. The summed E-state index contributed by atoms with van der Waals surface area (Å²) >= 11 is 0. The molecule has 0 unspecified atom stereocenters. The van der Waals surface area contributed by atoms with E-state index in [1.54, 1.807) is 6.92 Å². The quantitative estimate of drug-likeness (QED) is 0.176. The van der Waals surface area contributed by atoms with Crippen LogP contribution in [-0.2, 0) is 14.8 Å². The molecule has 0 atom stereocenters. The lowest BCUT2D eigenvalue weighted by Gasteiger charge is -2.26. The van der Waals surface area contributed by atoms with Crippen molar-refractivity contribution in [3.63, 3.8) is 0 Å². The van der Waals surface area contributed by atoms with Gasteiger partial charge in [-0.1, -0.05) is 0 Å². The molecular formula is C13H30IN5O3S. The van der Waals surface area contributed by atoms with Gasteiger partial charge in [0.05, 0.1) is 19.0 Å². The molecule has 1 rings (SSSR count). The summed E-state index contributed by atoms with van der Waals surface area (Å²) in [6, 6.07) is 0. The van der Waals surface area contributed by atoms with Crippen LogP contribution in [0, 0.1) is 0 Å². The summed E-state index contributed by atoms with van der Waals surface area (Å²) in [5.41, 5.74) is 5.75. The molecular weight excluding hydrogens is 433 g/mol. The molecule has 0 aromatic heterocycles. The highest BCUT2D eigenvalue weighted by Crippen LogP contribution is 1.97. The van der Waals surface area contributed by atoms with Crippen LogP contribution in [0.2, 0.25) is 0 Å². The standard InChI is InChI=1S/C13H29N5O3S.HI/c1-2-22(19,20)17-7-3-5-15-13(14)16-6-4-8-18-9-11-21-12-10-18;/h17H,2-12H2,1H3,(H3,14,15,16);1H. The SMILES string of the molecule is CCS(=O)(=O)NCCCNC(N)=NCCCN1CCOCC1.I. The number of halogens is 1. The fourth-order valence-electron chi connectivity index (χ4n) is 2.01. The first-order chi connectivity index (χ1) is 10.5. The van der Waals surface area contributed by atoms with E-state index in [-0.39, 0.29) is 29.7 Å². The number of sulfonamides is 1. The van der Waals surface area contributed by atoms with Crippen LogP contribution in [0.5, 0.6) is 0 Å². The average molecular weight is 463 g/mol. The second-order valence-corrected chi connectivity index (χ2v) is 7.25. The Hall–Kier alpha value is -0.170. The molecule has 23 heavy (non-hydrogen) atoms. The molecule has 8 nitrogen and oxygen atoms in total. The predicted octanol–water partition coefficient (Wildman–Crippen LogP) is -0.440. The molecule has 0 radical (unpaired) electrons. The number of aliphatic imine (C=N–C) groups is 1. The summed E-state index contributed by atoms with van der Waals surface area (Å²) in [6.45, 7) is 7.94. The summed E-state index contributed by atoms with van der Waals surface area (Å²) in [6.07, 6.45) is 1.64. The zero-order chi connectivity index (χ0) is 16.3. The van der Waals surface area contributed by atoms with Crippen LogP contribution in [0.1, 0.15) is 19.8 Å². The maximum Gasteiger partial charge on any atom is 0.211 e. The highest BCUT2D eigenvalue weighted by molar-refractivity contribution is 14.0. The molecule has 0 aliphatic carbocycles. The van der Waals surface area contributed by atoms with E-state index in [2.05, 4.69) is 19.9 Å². The van der Waals surface area contributed by atoms with Crippen LogP contribution in [0.25, 0.3) is 0 Å². The van der Waals surface area contributed by atoms with Gasteiger partial charge in [-0.2, -0.15) is 0 Å². The van der Waals surface area contributed by atoms with Crippen LogP contribution in [-0.4, -0.2) is 77.5 Å². The molecule has 1 saturated heterocycles. The van der Waals surface area contributed by atoms with E-state index < -0.39 is 10.0 Å². The Balaban J connectivity index is 0.00000484. The van der Waals surface area contributed by atoms with E-state index in [9.17, 15) is 8.42 Å². The van der Waals surface area contributed by atoms with Crippen LogP contribution >= 0.6 is 24.0 Å². The molecule has 0 saturated carbocycles. The van der Waals surface area contributed by atoms with Gasteiger partial charge in [-0.25, -0.2) is 13.1 Å². The molecule has 0 spiro atoms. The molecule has 1 aliphatic rings. The Kier molecular flexibility index (Phi) is 13.1. The van der Waals surface area contributed by atoms with Crippen molar-refractivity contribution in [2.75, 3.05) is 58.2 Å². The minimum atomic E-state index is -3.10. The fraction of sp³-hybridized carbons (Fsp3) is 0.923. The summed E-state index contributed by atoms with van der Waals surface area (Å²) in [4.78, 5) is 6.62. The van der Waals surface area contributed by atoms with Crippen molar-refractivity contribution in [2.45, 2.75) is 19.8 Å². The van der Waals surface area contributed by atoms with Crippen LogP contribution in [0.4, 0.5) is 0 Å². The van der Waals surface area contributed by atoms with Gasteiger partial charge in [0, 0.05) is 39.3 Å². The third-order valence-electron chi connectivity index (χ3n) is 3.38. The third kappa shape index (κ3) is 11.9. The Morgan fingerprint density at radius 2 is 1.96 bits per heavy atom. The number of nitrogens with one attached hydrogen (secondary N) is 2. The Labute approximate surface area is 156 Å². The molecule has 1 fully saturated rings. The normalized spacial score (nSPS) is 16.8. The number of nitrogens with zero attached hydrogens (tertiary/aromatic N) is 2. The Morgan fingerprint density at radius 3 is 2.61 bits per heavy atom. The first-order valence-corrected chi connectivity index (χ1v) is 9.50. The number of rotatable bonds is 10. The predicted molar refractivity (Wildman–Crippen MR) is 104 cm³/mol. The van der Waals surface area contributed by atoms with E-state index in [1.165, 1.54) is 0 Å². The second kappa shape index (κ2) is 13.2. The van der Waals surface area contributed by atoms with Gasteiger partial charge >= 0.3 is 0 Å². The summed E-state index contributed by atoms with van der Waals surface area (Å²) in [5.74, 6) is 0.521. The van der Waals surface area contributed by atoms with Gasteiger partial charge in [0.1, 0.15) is 0 Å². The molecule has 1 aliphatic heterocycles. The number of guanidine groups is 1. The third-order valence-corrected chi connectivity index (χ3v) is 4.78. The lowest BCUT2D eigenvalue weighted by molar-refractivity contribution is 0.0377. The lowest BCUT2D eigenvalue weighted by atomic mass is 10.3. The number of morpholine rings is 1. The van der Waals surface area contributed by atoms with Crippen molar-refractivity contribution in [1.82, 2.24) is 14.9 Å². The van der Waals surface area contributed by atoms with Gasteiger partial charge in [0.2, 0.25) is 10.0 Å². The molecule has 0 amide bonds. The summed E-state index contributed by atoms with van der Waals surface area (Å²) in [7, 11) is -3.10. The molecule has 0 aromatic carbocycles. The largest absolute Gasteiger partial charge is 0.379 e. The van der Waals surface area contributed by atoms with Crippen LogP contribution in [0.15, 0.2) is 4.99 Å². The zero-order valence-corrected chi connectivity index (χ0v) is 16.9. The first kappa shape index (κ1) is 22.8. The summed E-state index contributed by atoms with van der Waals surface area (Å²) < 4.78 is 30.2. The van der Waals surface area contributed by atoms with Crippen molar-refractivity contribution in [1.29, 1.82) is 0 Å². The van der Waals surface area contributed by atoms with Crippen molar-refractivity contribution < 1.29 is 13.2 Å². The minimum absolute atomic E-state index is 0. The van der Waals surface area contributed by atoms with Crippen LogP contribution in [0.3, 0.4) is 0 Å². The Bertz CT molecular complexity index is 427. The maximum absolute atomic E-state index is 11.2. The van der Waals surface area contributed by atoms with E-state index in [4.69, 9.17) is 10.5 Å². The van der Waals surface area contributed by atoms with Crippen LogP contribution < -0.4 is 15.8 Å². The number of ether oxygens (including phenoxy) is 1. The number of hydrogen-bond donors (Lipinski definition) is 3. The molecule has 0 aromatic rings. The number of hydrogen-bond acceptors (Lipinski definition) is 5. The zero-order valence-electron chi connectivity index (χ0n) is 13.8. The van der Waals surface area contributed by atoms with Gasteiger partial charge in [0.25, 0.3) is 0 Å². The average Bonchev–Trinajstić information content (AvgIpc) is 2.52. The highest BCUT2D eigenvalue weighted by Gasteiger charge is 2.08. The van der Waals surface area contributed by atoms with Gasteiger partial charge in [-0.05, 0) is 19.8 Å². The second-order valence-electron chi connectivity index (χ2n) is 5.15. The lowest BCUT2D eigenvalue weighted by Crippen LogP contribution is -2.37. The van der Waals surface area contributed by atoms with E-state index in [0.29, 0.717) is 32.0 Å². The summed E-state index contributed by atoms with van der Waals surface area (Å²) in [5, 5.41) is 2.98. The first-order valence-electron chi connectivity index (χ1n) is 7.84. The van der Waals surface area contributed by atoms with E-state index >= 15 is 0 Å². The maximum atomic E-state index is 11.2. The molecule has 10 heteroatoms. The van der Waals surface area contributed by atoms with Crippen molar-refractivity contribution >= 4 is 40.0 Å². The molecule has 0 bridgehead atoms. The smallest absolute Gasteiger partial charge is 0.211 e. The van der Waals surface area contributed by atoms with Gasteiger partial charge < -0.3 is 15.8 Å². The van der Waals surface area contributed by atoms with Crippen molar-refractivity contribution in [2.24, 2.45) is 10.7 Å². The highest BCUT2D eigenvalue weighted by atomic mass is 127.